The molecule has 134 valence electrons. The summed E-state index contributed by atoms with van der Waals surface area (Å²) in [4.78, 5) is 22.8. The fraction of sp³-hybridized carbons (Fsp3) is 0.294. The molecule has 1 heterocycles. The maximum Gasteiger partial charge on any atom is 0.371 e. The molecule has 0 unspecified atom stereocenters. The van der Waals surface area contributed by atoms with Gasteiger partial charge in [0.25, 0.3) is 0 Å². The first-order valence-corrected chi connectivity index (χ1v) is 9.37. The largest absolute Gasteiger partial charge is 0.475 e. The van der Waals surface area contributed by atoms with Crippen molar-refractivity contribution in [3.8, 4) is 0 Å². The van der Waals surface area contributed by atoms with Crippen LogP contribution >= 0.6 is 0 Å². The SMILES string of the molecule is CCS(=O)(=O)c1ccc(CCC(=O)NCc2ccc(C(=O)O)o2)cc1. The van der Waals surface area contributed by atoms with Crippen LogP contribution in [0.1, 0.15) is 35.2 Å². The normalized spacial score (nSPS) is 11.2. The van der Waals surface area contributed by atoms with Gasteiger partial charge in [-0.3, -0.25) is 4.79 Å². The van der Waals surface area contributed by atoms with Crippen molar-refractivity contribution in [3.63, 3.8) is 0 Å². The van der Waals surface area contributed by atoms with E-state index in [9.17, 15) is 18.0 Å². The Labute approximate surface area is 145 Å². The number of carbonyl (C=O) groups is 2. The van der Waals surface area contributed by atoms with Crippen LogP contribution < -0.4 is 5.32 Å². The lowest BCUT2D eigenvalue weighted by Gasteiger charge is -2.05. The van der Waals surface area contributed by atoms with Crippen LogP contribution in [0, 0.1) is 0 Å². The average Bonchev–Trinajstić information content (AvgIpc) is 3.08. The number of hydrogen-bond acceptors (Lipinski definition) is 5. The number of benzene rings is 1. The van der Waals surface area contributed by atoms with Crippen LogP contribution in [-0.2, 0) is 27.6 Å². The van der Waals surface area contributed by atoms with E-state index in [-0.39, 0.29) is 35.3 Å². The Balaban J connectivity index is 1.82. The van der Waals surface area contributed by atoms with Crippen molar-refractivity contribution in [2.75, 3.05) is 5.75 Å². The monoisotopic (exact) mass is 365 g/mol. The summed E-state index contributed by atoms with van der Waals surface area (Å²) >= 11 is 0. The molecule has 2 aromatic rings. The van der Waals surface area contributed by atoms with Gasteiger partial charge in [0.2, 0.25) is 11.7 Å². The van der Waals surface area contributed by atoms with Crippen molar-refractivity contribution in [2.45, 2.75) is 31.2 Å². The zero-order valence-electron chi connectivity index (χ0n) is 13.7. The van der Waals surface area contributed by atoms with E-state index in [1.807, 2.05) is 0 Å². The fourth-order valence-electron chi connectivity index (χ4n) is 2.15. The highest BCUT2D eigenvalue weighted by molar-refractivity contribution is 7.91. The van der Waals surface area contributed by atoms with Crippen molar-refractivity contribution in [1.29, 1.82) is 0 Å². The maximum atomic E-state index is 11.8. The van der Waals surface area contributed by atoms with E-state index < -0.39 is 15.8 Å². The van der Waals surface area contributed by atoms with Gasteiger partial charge in [-0.05, 0) is 36.2 Å². The van der Waals surface area contributed by atoms with Crippen LogP contribution in [0.15, 0.2) is 45.7 Å². The lowest BCUT2D eigenvalue weighted by molar-refractivity contribution is -0.121. The Kier molecular flexibility index (Phi) is 5.97. The van der Waals surface area contributed by atoms with Gasteiger partial charge in [-0.1, -0.05) is 19.1 Å². The second-order valence-corrected chi connectivity index (χ2v) is 7.67. The minimum atomic E-state index is -3.22. The van der Waals surface area contributed by atoms with Crippen LogP contribution in [0.25, 0.3) is 0 Å². The number of rotatable bonds is 8. The molecule has 0 aliphatic heterocycles. The van der Waals surface area contributed by atoms with E-state index in [1.165, 1.54) is 12.1 Å². The molecular weight excluding hydrogens is 346 g/mol. The predicted octanol–water partition coefficient (Wildman–Crippen LogP) is 2.02. The molecule has 1 aromatic heterocycles. The molecule has 25 heavy (non-hydrogen) atoms. The fourth-order valence-corrected chi connectivity index (χ4v) is 3.03. The molecule has 7 nitrogen and oxygen atoms in total. The highest BCUT2D eigenvalue weighted by atomic mass is 32.2. The minimum absolute atomic E-state index is 0.0468. The minimum Gasteiger partial charge on any atom is -0.475 e. The third-order valence-corrected chi connectivity index (χ3v) is 5.39. The number of amides is 1. The highest BCUT2D eigenvalue weighted by Gasteiger charge is 2.12. The van der Waals surface area contributed by atoms with Gasteiger partial charge < -0.3 is 14.8 Å². The molecule has 1 amide bonds. The van der Waals surface area contributed by atoms with Crippen LogP contribution in [0.4, 0.5) is 0 Å². The zero-order valence-corrected chi connectivity index (χ0v) is 14.5. The second-order valence-electron chi connectivity index (χ2n) is 5.40. The number of carboxylic acids is 1. The van der Waals surface area contributed by atoms with Gasteiger partial charge in [0.05, 0.1) is 17.2 Å². The van der Waals surface area contributed by atoms with Gasteiger partial charge in [-0.25, -0.2) is 13.2 Å². The first kappa shape index (κ1) is 18.7. The summed E-state index contributed by atoms with van der Waals surface area (Å²) in [6.07, 6.45) is 0.698. The Morgan fingerprint density at radius 3 is 2.36 bits per heavy atom. The number of sulfone groups is 1. The van der Waals surface area contributed by atoms with Crippen molar-refractivity contribution >= 4 is 21.7 Å². The number of aryl methyl sites for hydroxylation is 1. The summed E-state index contributed by atoms with van der Waals surface area (Å²) in [5.74, 6) is -1.14. The lowest BCUT2D eigenvalue weighted by atomic mass is 10.1. The molecule has 8 heteroatoms. The molecule has 1 aromatic carbocycles. The van der Waals surface area contributed by atoms with Crippen molar-refractivity contribution in [3.05, 3.63) is 53.5 Å². The summed E-state index contributed by atoms with van der Waals surface area (Å²) in [5, 5.41) is 11.4. The molecule has 0 fully saturated rings. The lowest BCUT2D eigenvalue weighted by Crippen LogP contribution is -2.22. The number of nitrogens with one attached hydrogen (secondary N) is 1. The quantitative estimate of drug-likeness (QED) is 0.740. The van der Waals surface area contributed by atoms with Crippen molar-refractivity contribution in [2.24, 2.45) is 0 Å². The van der Waals surface area contributed by atoms with Gasteiger partial charge in [-0.2, -0.15) is 0 Å². The summed E-state index contributed by atoms with van der Waals surface area (Å²) in [6.45, 7) is 1.70. The molecule has 0 aliphatic rings. The van der Waals surface area contributed by atoms with E-state index >= 15 is 0 Å². The number of carbonyl (C=O) groups excluding carboxylic acids is 1. The maximum absolute atomic E-state index is 11.8. The summed E-state index contributed by atoms with van der Waals surface area (Å²) in [7, 11) is -3.22. The molecule has 0 spiro atoms. The van der Waals surface area contributed by atoms with E-state index in [2.05, 4.69) is 5.32 Å². The van der Waals surface area contributed by atoms with Gasteiger partial charge in [0.15, 0.2) is 9.84 Å². The van der Waals surface area contributed by atoms with Crippen molar-refractivity contribution in [1.82, 2.24) is 5.32 Å². The Morgan fingerprint density at radius 2 is 1.80 bits per heavy atom. The Morgan fingerprint density at radius 1 is 1.12 bits per heavy atom. The molecule has 2 N–H and O–H groups in total. The van der Waals surface area contributed by atoms with Gasteiger partial charge in [0.1, 0.15) is 5.76 Å². The summed E-state index contributed by atoms with van der Waals surface area (Å²) in [5.41, 5.74) is 0.858. The molecule has 0 saturated carbocycles. The van der Waals surface area contributed by atoms with E-state index in [4.69, 9.17) is 9.52 Å². The van der Waals surface area contributed by atoms with Gasteiger partial charge >= 0.3 is 5.97 Å². The van der Waals surface area contributed by atoms with Crippen LogP contribution in [0.3, 0.4) is 0 Å². The Hall–Kier alpha value is -2.61. The second kappa shape index (κ2) is 7.98. The first-order chi connectivity index (χ1) is 11.8. The third kappa shape index (κ3) is 5.18. The molecule has 0 aliphatic carbocycles. The van der Waals surface area contributed by atoms with E-state index in [1.54, 1.807) is 31.2 Å². The standard InChI is InChI=1S/C17H19NO6S/c1-2-25(22,23)14-7-3-12(4-8-14)5-10-16(19)18-11-13-6-9-15(24-13)17(20)21/h3-4,6-9H,2,5,10-11H2,1H3,(H,18,19)(H,20,21). The van der Waals surface area contributed by atoms with Gasteiger partial charge in [0, 0.05) is 6.42 Å². The van der Waals surface area contributed by atoms with Crippen LogP contribution in [-0.4, -0.2) is 31.2 Å². The molecular formula is C17H19NO6S. The zero-order chi connectivity index (χ0) is 18.4. The Bertz CT molecular complexity index is 852. The molecule has 0 radical (unpaired) electrons. The third-order valence-electron chi connectivity index (χ3n) is 3.64. The van der Waals surface area contributed by atoms with Gasteiger partial charge in [-0.15, -0.1) is 0 Å². The predicted molar refractivity (Wildman–Crippen MR) is 90.0 cm³/mol. The summed E-state index contributed by atoms with van der Waals surface area (Å²) in [6, 6.07) is 9.31. The van der Waals surface area contributed by atoms with Crippen LogP contribution in [0.5, 0.6) is 0 Å². The number of carboxylic acid groups (broad SMARTS) is 1. The molecule has 0 saturated heterocycles. The highest BCUT2D eigenvalue weighted by Crippen LogP contribution is 2.13. The smallest absolute Gasteiger partial charge is 0.371 e. The van der Waals surface area contributed by atoms with Crippen molar-refractivity contribution < 1.29 is 27.5 Å². The first-order valence-electron chi connectivity index (χ1n) is 7.72. The van der Waals surface area contributed by atoms with E-state index in [0.717, 1.165) is 5.56 Å². The number of hydrogen-bond donors (Lipinski definition) is 2. The molecule has 2 rings (SSSR count). The number of aromatic carboxylic acids is 1. The topological polar surface area (TPSA) is 114 Å². The molecule has 0 atom stereocenters. The molecule has 0 bridgehead atoms. The van der Waals surface area contributed by atoms with E-state index in [0.29, 0.717) is 12.2 Å². The van der Waals surface area contributed by atoms with Crippen LogP contribution in [0.2, 0.25) is 0 Å². The number of furan rings is 1. The summed E-state index contributed by atoms with van der Waals surface area (Å²) < 4.78 is 28.5. The average molecular weight is 365 g/mol.